The molecule has 8 heteroatoms. The molecule has 0 amide bonds. The van der Waals surface area contributed by atoms with Gasteiger partial charge in [-0.05, 0) is 19.1 Å². The summed E-state index contributed by atoms with van der Waals surface area (Å²) in [7, 11) is 0. The van der Waals surface area contributed by atoms with Crippen molar-refractivity contribution in [3.63, 3.8) is 0 Å². The maximum Gasteiger partial charge on any atom is 0.341 e. The highest BCUT2D eigenvalue weighted by atomic mass is 16.7. The van der Waals surface area contributed by atoms with Crippen LogP contribution in [0.15, 0.2) is 18.2 Å². The SMILES string of the molecule is C[C@@H]1O[C@@H](Oc2cccc(N)c2C(=O)O)[C@H](O)[C@H](O)[C@H]1O. The van der Waals surface area contributed by atoms with E-state index in [-0.39, 0.29) is 17.0 Å². The van der Waals surface area contributed by atoms with Gasteiger partial charge in [0.1, 0.15) is 29.6 Å². The van der Waals surface area contributed by atoms with Gasteiger partial charge in [0.15, 0.2) is 0 Å². The lowest BCUT2D eigenvalue weighted by Crippen LogP contribution is -2.58. The number of aliphatic hydroxyl groups excluding tert-OH is 3. The second kappa shape index (κ2) is 5.86. The minimum absolute atomic E-state index is 0.000990. The van der Waals surface area contributed by atoms with Crippen molar-refractivity contribution >= 4 is 11.7 Å². The number of anilines is 1. The molecule has 1 aliphatic heterocycles. The molecule has 116 valence electrons. The van der Waals surface area contributed by atoms with Gasteiger partial charge < -0.3 is 35.6 Å². The van der Waals surface area contributed by atoms with Crippen molar-refractivity contribution in [3.8, 4) is 5.75 Å². The molecule has 21 heavy (non-hydrogen) atoms. The first-order chi connectivity index (χ1) is 9.82. The van der Waals surface area contributed by atoms with E-state index in [0.29, 0.717) is 0 Å². The molecule has 5 atom stereocenters. The first-order valence-electron chi connectivity index (χ1n) is 6.31. The van der Waals surface area contributed by atoms with E-state index in [1.54, 1.807) is 0 Å². The quantitative estimate of drug-likeness (QED) is 0.455. The molecule has 0 aromatic heterocycles. The Labute approximate surface area is 120 Å². The van der Waals surface area contributed by atoms with E-state index >= 15 is 0 Å². The third-order valence-corrected chi connectivity index (χ3v) is 3.32. The first-order valence-corrected chi connectivity index (χ1v) is 6.31. The standard InChI is InChI=1S/C13H17NO7/c1-5-9(15)10(16)11(17)13(20-5)21-7-4-2-3-6(14)8(7)12(18)19/h2-5,9-11,13,15-17H,14H2,1H3,(H,18,19)/t5-,9-,10+,11+,13-/m0/s1. The van der Waals surface area contributed by atoms with Crippen LogP contribution in [0.25, 0.3) is 0 Å². The molecule has 0 bridgehead atoms. The Bertz CT molecular complexity index is 535. The number of hydrogen-bond donors (Lipinski definition) is 5. The molecule has 0 saturated carbocycles. The normalized spacial score (nSPS) is 32.7. The number of nitrogen functional groups attached to an aromatic ring is 1. The summed E-state index contributed by atoms with van der Waals surface area (Å²) in [5.74, 6) is -1.38. The molecule has 6 N–H and O–H groups in total. The van der Waals surface area contributed by atoms with Crippen LogP contribution >= 0.6 is 0 Å². The summed E-state index contributed by atoms with van der Waals surface area (Å²) in [6, 6.07) is 4.24. The number of carboxylic acid groups (broad SMARTS) is 1. The van der Waals surface area contributed by atoms with Gasteiger partial charge in [0.2, 0.25) is 6.29 Å². The number of hydrogen-bond acceptors (Lipinski definition) is 7. The monoisotopic (exact) mass is 299 g/mol. The van der Waals surface area contributed by atoms with Crippen LogP contribution in [0.4, 0.5) is 5.69 Å². The lowest BCUT2D eigenvalue weighted by molar-refractivity contribution is -0.268. The maximum absolute atomic E-state index is 11.2. The van der Waals surface area contributed by atoms with Gasteiger partial charge in [-0.3, -0.25) is 0 Å². The zero-order valence-corrected chi connectivity index (χ0v) is 11.2. The largest absolute Gasteiger partial charge is 0.477 e. The van der Waals surface area contributed by atoms with Crippen LogP contribution in [0.3, 0.4) is 0 Å². The number of carboxylic acids is 1. The van der Waals surface area contributed by atoms with Crippen molar-refractivity contribution in [3.05, 3.63) is 23.8 Å². The van der Waals surface area contributed by atoms with Gasteiger partial charge in [-0.25, -0.2) is 4.79 Å². The van der Waals surface area contributed by atoms with Crippen LogP contribution in [0.2, 0.25) is 0 Å². The Kier molecular flexibility index (Phi) is 4.33. The fourth-order valence-corrected chi connectivity index (χ4v) is 2.11. The van der Waals surface area contributed by atoms with Crippen LogP contribution in [0.1, 0.15) is 17.3 Å². The van der Waals surface area contributed by atoms with E-state index in [4.69, 9.17) is 20.3 Å². The third kappa shape index (κ3) is 2.93. The number of carbonyl (C=O) groups is 1. The molecule has 1 heterocycles. The van der Waals surface area contributed by atoms with E-state index < -0.39 is 36.7 Å². The molecule has 2 rings (SSSR count). The van der Waals surface area contributed by atoms with Gasteiger partial charge in [-0.2, -0.15) is 0 Å². The van der Waals surface area contributed by atoms with Crippen LogP contribution < -0.4 is 10.5 Å². The predicted molar refractivity (Wildman–Crippen MR) is 70.8 cm³/mol. The summed E-state index contributed by atoms with van der Waals surface area (Å²) in [6.45, 7) is 1.49. The highest BCUT2D eigenvalue weighted by Gasteiger charge is 2.43. The number of aromatic carboxylic acids is 1. The lowest BCUT2D eigenvalue weighted by Gasteiger charge is -2.39. The van der Waals surface area contributed by atoms with Crippen molar-refractivity contribution in [1.82, 2.24) is 0 Å². The summed E-state index contributed by atoms with van der Waals surface area (Å²) in [6.07, 6.45) is -6.37. The van der Waals surface area contributed by atoms with Gasteiger partial charge in [0.25, 0.3) is 0 Å². The summed E-state index contributed by atoms with van der Waals surface area (Å²) in [4.78, 5) is 11.2. The zero-order valence-electron chi connectivity index (χ0n) is 11.2. The number of aliphatic hydroxyl groups is 3. The number of rotatable bonds is 3. The molecular weight excluding hydrogens is 282 g/mol. The Morgan fingerprint density at radius 3 is 2.52 bits per heavy atom. The number of benzene rings is 1. The lowest BCUT2D eigenvalue weighted by atomic mass is 10.00. The molecule has 0 aliphatic carbocycles. The molecule has 0 radical (unpaired) electrons. The predicted octanol–water partition coefficient (Wildman–Crippen LogP) is -0.827. The second-order valence-corrected chi connectivity index (χ2v) is 4.82. The molecule has 0 unspecified atom stereocenters. The van der Waals surface area contributed by atoms with E-state index in [1.807, 2.05) is 0 Å². The molecule has 1 aliphatic rings. The zero-order chi connectivity index (χ0) is 15.7. The molecule has 8 nitrogen and oxygen atoms in total. The topological polar surface area (TPSA) is 142 Å². The van der Waals surface area contributed by atoms with Crippen molar-refractivity contribution in [2.75, 3.05) is 5.73 Å². The maximum atomic E-state index is 11.2. The first kappa shape index (κ1) is 15.5. The van der Waals surface area contributed by atoms with Crippen LogP contribution in [-0.4, -0.2) is 57.1 Å². The van der Waals surface area contributed by atoms with E-state index in [2.05, 4.69) is 0 Å². The van der Waals surface area contributed by atoms with Crippen molar-refractivity contribution in [2.45, 2.75) is 37.6 Å². The van der Waals surface area contributed by atoms with Crippen molar-refractivity contribution in [2.24, 2.45) is 0 Å². The van der Waals surface area contributed by atoms with Gasteiger partial charge in [0, 0.05) is 5.69 Å². The summed E-state index contributed by atoms with van der Waals surface area (Å²) < 4.78 is 10.6. The van der Waals surface area contributed by atoms with E-state index in [1.165, 1.54) is 25.1 Å². The summed E-state index contributed by atoms with van der Waals surface area (Å²) in [5.41, 5.74) is 5.32. The molecule has 1 aromatic carbocycles. The third-order valence-electron chi connectivity index (χ3n) is 3.32. The summed E-state index contributed by atoms with van der Waals surface area (Å²) in [5, 5.41) is 38.3. The minimum Gasteiger partial charge on any atom is -0.477 e. The Morgan fingerprint density at radius 2 is 1.90 bits per heavy atom. The van der Waals surface area contributed by atoms with Crippen LogP contribution in [0.5, 0.6) is 5.75 Å². The summed E-state index contributed by atoms with van der Waals surface area (Å²) >= 11 is 0. The number of ether oxygens (including phenoxy) is 2. The highest BCUT2D eigenvalue weighted by molar-refractivity contribution is 5.96. The van der Waals surface area contributed by atoms with Gasteiger partial charge >= 0.3 is 5.97 Å². The average Bonchev–Trinajstić information content (AvgIpc) is 2.42. The van der Waals surface area contributed by atoms with E-state index in [0.717, 1.165) is 0 Å². The van der Waals surface area contributed by atoms with Crippen molar-refractivity contribution in [1.29, 1.82) is 0 Å². The highest BCUT2D eigenvalue weighted by Crippen LogP contribution is 2.29. The molecule has 1 saturated heterocycles. The fraction of sp³-hybridized carbons (Fsp3) is 0.462. The second-order valence-electron chi connectivity index (χ2n) is 4.82. The van der Waals surface area contributed by atoms with Crippen molar-refractivity contribution < 1.29 is 34.7 Å². The Hall–Kier alpha value is -1.87. The van der Waals surface area contributed by atoms with Crippen LogP contribution in [0, 0.1) is 0 Å². The molecule has 1 fully saturated rings. The Morgan fingerprint density at radius 1 is 1.24 bits per heavy atom. The van der Waals surface area contributed by atoms with E-state index in [9.17, 15) is 20.1 Å². The molecular formula is C13H17NO7. The van der Waals surface area contributed by atoms with Gasteiger partial charge in [-0.15, -0.1) is 0 Å². The molecule has 0 spiro atoms. The van der Waals surface area contributed by atoms with Crippen LogP contribution in [-0.2, 0) is 4.74 Å². The minimum atomic E-state index is -1.53. The number of nitrogens with two attached hydrogens (primary N) is 1. The fourth-order valence-electron chi connectivity index (χ4n) is 2.11. The smallest absolute Gasteiger partial charge is 0.341 e. The Balaban J connectivity index is 2.26. The average molecular weight is 299 g/mol. The van der Waals surface area contributed by atoms with Gasteiger partial charge in [-0.1, -0.05) is 6.07 Å². The molecule has 1 aromatic rings. The van der Waals surface area contributed by atoms with Gasteiger partial charge in [0.05, 0.1) is 6.10 Å².